The molecule has 0 amide bonds. The van der Waals surface area contributed by atoms with Gasteiger partial charge in [0.05, 0.1) is 12.1 Å². The van der Waals surface area contributed by atoms with Crippen molar-refractivity contribution in [2.75, 3.05) is 7.11 Å². The number of ether oxygens (including phenoxy) is 2. The van der Waals surface area contributed by atoms with Crippen molar-refractivity contribution in [1.29, 1.82) is 0 Å². The minimum atomic E-state index is 0.311. The van der Waals surface area contributed by atoms with Crippen molar-refractivity contribution >= 4 is 5.90 Å². The van der Waals surface area contributed by atoms with E-state index in [-0.39, 0.29) is 0 Å². The van der Waals surface area contributed by atoms with Crippen molar-refractivity contribution in [2.24, 2.45) is 45.4 Å². The molecule has 6 rings (SSSR count). The summed E-state index contributed by atoms with van der Waals surface area (Å²) in [7, 11) is 1.92. The quantitative estimate of drug-likeness (QED) is 0.466. The summed E-state index contributed by atoms with van der Waals surface area (Å²) in [6, 6.07) is 0.478. The number of aliphatic imine (C=N–C) groups is 1. The molecule has 5 saturated carbocycles. The van der Waals surface area contributed by atoms with Gasteiger partial charge in [-0.1, -0.05) is 39.7 Å². The van der Waals surface area contributed by atoms with Crippen molar-refractivity contribution in [3.05, 3.63) is 12.2 Å². The summed E-state index contributed by atoms with van der Waals surface area (Å²) in [5, 5.41) is 0. The van der Waals surface area contributed by atoms with E-state index in [0.29, 0.717) is 35.0 Å². The highest BCUT2D eigenvalue weighted by molar-refractivity contribution is 5.96. The molecule has 1 saturated heterocycles. The molecule has 1 aliphatic heterocycles. The molecule has 0 spiro atoms. The standard InChI is InChI=1S/C29H45NO2/c1-18-23-17-25-22-11-10-19-16-21(31-4)12-14-28(19,2)24(22)13-15-29(25,3)26(23)32-27(18)30-20-8-6-5-7-9-20/h19-26H,1,5-17H2,2-4H3. The molecule has 0 aromatic carbocycles. The maximum Gasteiger partial charge on any atom is 0.212 e. The number of hydrogen-bond donors (Lipinski definition) is 0. The lowest BCUT2D eigenvalue weighted by Gasteiger charge is -2.60. The van der Waals surface area contributed by atoms with Crippen molar-refractivity contribution in [3.63, 3.8) is 0 Å². The van der Waals surface area contributed by atoms with E-state index in [0.717, 1.165) is 29.6 Å². The lowest BCUT2D eigenvalue weighted by atomic mass is 9.45. The van der Waals surface area contributed by atoms with Gasteiger partial charge < -0.3 is 9.47 Å². The summed E-state index contributed by atoms with van der Waals surface area (Å²) in [6.45, 7) is 9.80. The van der Waals surface area contributed by atoms with E-state index in [9.17, 15) is 0 Å². The van der Waals surface area contributed by atoms with Gasteiger partial charge in [0.25, 0.3) is 0 Å². The fraction of sp³-hybridized carbons (Fsp3) is 0.897. The second kappa shape index (κ2) is 7.85. The van der Waals surface area contributed by atoms with Gasteiger partial charge in [-0.15, -0.1) is 0 Å². The highest BCUT2D eigenvalue weighted by Gasteiger charge is 2.65. The third kappa shape index (κ3) is 3.12. The number of fused-ring (bicyclic) bond motifs is 7. The monoisotopic (exact) mass is 439 g/mol. The topological polar surface area (TPSA) is 30.8 Å². The van der Waals surface area contributed by atoms with Gasteiger partial charge in [-0.05, 0) is 93.3 Å². The first-order chi connectivity index (χ1) is 15.4. The Morgan fingerprint density at radius 3 is 2.47 bits per heavy atom. The molecular weight excluding hydrogens is 394 g/mol. The van der Waals surface area contributed by atoms with Gasteiger partial charge in [0.1, 0.15) is 6.10 Å². The molecule has 3 nitrogen and oxygen atoms in total. The fourth-order valence-corrected chi connectivity index (χ4v) is 9.82. The first-order valence-electron chi connectivity index (χ1n) is 13.9. The second-order valence-corrected chi connectivity index (χ2v) is 13.0. The van der Waals surface area contributed by atoms with Crippen LogP contribution in [0.3, 0.4) is 0 Å². The zero-order chi connectivity index (χ0) is 22.1. The van der Waals surface area contributed by atoms with Gasteiger partial charge in [-0.3, -0.25) is 0 Å². The van der Waals surface area contributed by atoms with E-state index in [1.54, 1.807) is 0 Å². The van der Waals surface area contributed by atoms with E-state index in [4.69, 9.17) is 14.5 Å². The Hall–Kier alpha value is -0.830. The number of methoxy groups -OCH3 is 1. The van der Waals surface area contributed by atoms with Gasteiger partial charge >= 0.3 is 0 Å². The lowest BCUT2D eigenvalue weighted by molar-refractivity contribution is -0.135. The molecule has 0 N–H and O–H groups in total. The summed E-state index contributed by atoms with van der Waals surface area (Å²) < 4.78 is 12.5. The average molecular weight is 440 g/mol. The Bertz CT molecular complexity index is 784. The van der Waals surface area contributed by atoms with E-state index in [2.05, 4.69) is 20.4 Å². The van der Waals surface area contributed by atoms with Crippen LogP contribution in [0.15, 0.2) is 17.1 Å². The molecule has 0 radical (unpaired) electrons. The summed E-state index contributed by atoms with van der Waals surface area (Å²) in [5.41, 5.74) is 2.08. The molecule has 0 bridgehead atoms. The maximum atomic E-state index is 6.75. The third-order valence-corrected chi connectivity index (χ3v) is 11.7. The Morgan fingerprint density at radius 1 is 0.906 bits per heavy atom. The van der Waals surface area contributed by atoms with Crippen LogP contribution >= 0.6 is 0 Å². The summed E-state index contributed by atoms with van der Waals surface area (Å²) in [6.07, 6.45) is 18.1. The first kappa shape index (κ1) is 21.7. The zero-order valence-corrected chi connectivity index (χ0v) is 20.8. The Labute approximate surface area is 195 Å². The van der Waals surface area contributed by atoms with Gasteiger partial charge in [0.2, 0.25) is 5.90 Å². The summed E-state index contributed by atoms with van der Waals surface area (Å²) >= 11 is 0. The van der Waals surface area contributed by atoms with Crippen LogP contribution in [0.1, 0.15) is 97.3 Å². The largest absolute Gasteiger partial charge is 0.473 e. The maximum absolute atomic E-state index is 6.75. The molecule has 9 unspecified atom stereocenters. The van der Waals surface area contributed by atoms with Crippen molar-refractivity contribution in [2.45, 2.75) is 116 Å². The van der Waals surface area contributed by atoms with Crippen LogP contribution in [0, 0.1) is 40.4 Å². The third-order valence-electron chi connectivity index (χ3n) is 11.7. The molecule has 3 heteroatoms. The smallest absolute Gasteiger partial charge is 0.212 e. The summed E-state index contributed by atoms with van der Waals surface area (Å²) in [4.78, 5) is 5.11. The number of rotatable bonds is 2. The number of nitrogens with zero attached hydrogens (tertiary/aromatic N) is 1. The van der Waals surface area contributed by atoms with Crippen LogP contribution < -0.4 is 0 Å². The Kier molecular flexibility index (Phi) is 5.32. The molecule has 0 aromatic heterocycles. The minimum Gasteiger partial charge on any atom is -0.473 e. The van der Waals surface area contributed by atoms with E-state index in [1.807, 2.05) is 7.11 Å². The van der Waals surface area contributed by atoms with Gasteiger partial charge in [0, 0.05) is 24.0 Å². The van der Waals surface area contributed by atoms with Gasteiger partial charge in [-0.25, -0.2) is 4.99 Å². The van der Waals surface area contributed by atoms with Gasteiger partial charge in [0.15, 0.2) is 0 Å². The van der Waals surface area contributed by atoms with E-state index >= 15 is 0 Å². The van der Waals surface area contributed by atoms with Crippen LogP contribution in [0.2, 0.25) is 0 Å². The fourth-order valence-electron chi connectivity index (χ4n) is 9.82. The van der Waals surface area contributed by atoms with E-state index < -0.39 is 0 Å². The van der Waals surface area contributed by atoms with Crippen molar-refractivity contribution in [3.8, 4) is 0 Å². The normalized spacial score (nSPS) is 52.2. The molecule has 178 valence electrons. The van der Waals surface area contributed by atoms with Crippen LogP contribution in [0.4, 0.5) is 0 Å². The van der Waals surface area contributed by atoms with Crippen molar-refractivity contribution in [1.82, 2.24) is 0 Å². The molecular formula is C29H45NO2. The molecule has 6 aliphatic rings. The predicted molar refractivity (Wildman–Crippen MR) is 130 cm³/mol. The minimum absolute atomic E-state index is 0.311. The number of hydrogen-bond acceptors (Lipinski definition) is 3. The molecule has 1 heterocycles. The Morgan fingerprint density at radius 2 is 1.69 bits per heavy atom. The highest BCUT2D eigenvalue weighted by atomic mass is 16.5. The van der Waals surface area contributed by atoms with E-state index in [1.165, 1.54) is 89.0 Å². The SMILES string of the molecule is C=C1C(=NC2CCCCC2)OC2C1CC1C3CCC4CC(OC)CCC4(C)C3CCC12C. The van der Waals surface area contributed by atoms with Gasteiger partial charge in [-0.2, -0.15) is 0 Å². The molecule has 5 aliphatic carbocycles. The lowest BCUT2D eigenvalue weighted by Crippen LogP contribution is -2.54. The molecule has 0 aromatic rings. The molecule has 9 atom stereocenters. The van der Waals surface area contributed by atoms with Crippen LogP contribution in [0.25, 0.3) is 0 Å². The van der Waals surface area contributed by atoms with Crippen LogP contribution in [0.5, 0.6) is 0 Å². The Balaban J connectivity index is 1.22. The predicted octanol–water partition coefficient (Wildman–Crippen LogP) is 6.96. The molecule has 32 heavy (non-hydrogen) atoms. The average Bonchev–Trinajstić information content (AvgIpc) is 3.27. The van der Waals surface area contributed by atoms with Crippen LogP contribution in [-0.4, -0.2) is 31.3 Å². The van der Waals surface area contributed by atoms with Crippen LogP contribution in [-0.2, 0) is 9.47 Å². The summed E-state index contributed by atoms with van der Waals surface area (Å²) in [5.74, 6) is 4.92. The second-order valence-electron chi connectivity index (χ2n) is 13.0. The molecule has 6 fully saturated rings. The van der Waals surface area contributed by atoms with Crippen molar-refractivity contribution < 1.29 is 9.47 Å². The zero-order valence-electron chi connectivity index (χ0n) is 20.8. The highest BCUT2D eigenvalue weighted by Crippen LogP contribution is 2.69. The first-order valence-corrected chi connectivity index (χ1v) is 13.9.